The molecular weight excluding hydrogens is 322 g/mol. The summed E-state index contributed by atoms with van der Waals surface area (Å²) in [5.74, 6) is 0.573. The molecule has 1 unspecified atom stereocenters. The molecule has 0 radical (unpaired) electrons. The first-order chi connectivity index (χ1) is 11.7. The lowest BCUT2D eigenvalue weighted by Crippen LogP contribution is -2.34. The molecule has 0 saturated carbocycles. The van der Waals surface area contributed by atoms with Crippen LogP contribution in [0, 0.1) is 5.41 Å². The molecule has 0 bridgehead atoms. The van der Waals surface area contributed by atoms with Gasteiger partial charge in [0, 0.05) is 24.1 Å². The first kappa shape index (κ1) is 15.4. The Labute approximate surface area is 144 Å². The summed E-state index contributed by atoms with van der Waals surface area (Å²) in [5, 5.41) is 21.5. The first-order valence-corrected chi connectivity index (χ1v) is 8.99. The van der Waals surface area contributed by atoms with E-state index in [4.69, 9.17) is 10.1 Å². The molecule has 2 aliphatic heterocycles. The van der Waals surface area contributed by atoms with E-state index < -0.39 is 0 Å². The molecule has 1 aromatic heterocycles. The molecule has 0 spiro atoms. The van der Waals surface area contributed by atoms with Crippen molar-refractivity contribution < 1.29 is 9.84 Å². The van der Waals surface area contributed by atoms with Crippen LogP contribution >= 0.6 is 11.3 Å². The molecule has 3 heterocycles. The van der Waals surface area contributed by atoms with Gasteiger partial charge in [-0.05, 0) is 12.8 Å². The van der Waals surface area contributed by atoms with E-state index in [1.54, 1.807) is 0 Å². The predicted octanol–water partition coefficient (Wildman–Crippen LogP) is 3.55. The lowest BCUT2D eigenvalue weighted by atomic mass is 10.2. The lowest BCUT2D eigenvalue weighted by molar-refractivity contribution is 0.0924. The van der Waals surface area contributed by atoms with Gasteiger partial charge in [0.2, 0.25) is 0 Å². The van der Waals surface area contributed by atoms with Gasteiger partial charge in [0.05, 0.1) is 23.9 Å². The van der Waals surface area contributed by atoms with E-state index >= 15 is 0 Å². The van der Waals surface area contributed by atoms with Crippen LogP contribution in [-0.2, 0) is 4.74 Å². The number of nitrogens with zero attached hydrogens (tertiary/aromatic N) is 2. The summed E-state index contributed by atoms with van der Waals surface area (Å²) < 4.78 is 5.65. The summed E-state index contributed by atoms with van der Waals surface area (Å²) in [5.41, 5.74) is 2.47. The van der Waals surface area contributed by atoms with Crippen LogP contribution in [0.5, 0.6) is 0 Å². The van der Waals surface area contributed by atoms with E-state index in [9.17, 15) is 5.11 Å². The zero-order chi connectivity index (χ0) is 16.5. The van der Waals surface area contributed by atoms with Crippen LogP contribution in [0.15, 0.2) is 41.5 Å². The van der Waals surface area contributed by atoms with E-state index in [-0.39, 0.29) is 11.9 Å². The minimum Gasteiger partial charge on any atom is -0.510 e. The third kappa shape index (κ3) is 2.83. The zero-order valence-corrected chi connectivity index (χ0v) is 14.1. The fraction of sp³-hybridized carbons (Fsp3) is 0.333. The average Bonchev–Trinajstić information content (AvgIpc) is 3.31. The Kier molecular flexibility index (Phi) is 4.08. The molecule has 5 nitrogen and oxygen atoms in total. The fourth-order valence-electron chi connectivity index (χ4n) is 3.18. The highest BCUT2D eigenvalue weighted by Gasteiger charge is 2.32. The second-order valence-corrected chi connectivity index (χ2v) is 6.95. The Bertz CT molecular complexity index is 779. The molecule has 4 rings (SSSR count). The molecule has 1 fully saturated rings. The van der Waals surface area contributed by atoms with Crippen molar-refractivity contribution in [2.45, 2.75) is 18.9 Å². The van der Waals surface area contributed by atoms with Crippen molar-refractivity contribution in [2.24, 2.45) is 0 Å². The minimum absolute atomic E-state index is 0.161. The molecule has 1 saturated heterocycles. The number of nitrogens with one attached hydrogen (secondary N) is 1. The summed E-state index contributed by atoms with van der Waals surface area (Å²) >= 11 is 1.47. The highest BCUT2D eigenvalue weighted by Crippen LogP contribution is 2.32. The van der Waals surface area contributed by atoms with Gasteiger partial charge in [-0.15, -0.1) is 11.3 Å². The molecule has 2 aromatic rings. The molecule has 2 N–H and O–H groups in total. The van der Waals surface area contributed by atoms with E-state index in [1.165, 1.54) is 11.3 Å². The summed E-state index contributed by atoms with van der Waals surface area (Å²) in [6.45, 7) is 1.82. The van der Waals surface area contributed by atoms with E-state index in [1.807, 2.05) is 40.6 Å². The van der Waals surface area contributed by atoms with Gasteiger partial charge in [-0.1, -0.05) is 30.3 Å². The van der Waals surface area contributed by atoms with E-state index in [0.717, 1.165) is 30.7 Å². The Hall–Kier alpha value is -2.18. The maximum Gasteiger partial charge on any atom is 0.135 e. The molecule has 124 valence electrons. The van der Waals surface area contributed by atoms with Gasteiger partial charge in [-0.3, -0.25) is 5.41 Å². The van der Waals surface area contributed by atoms with Crippen LogP contribution < -0.4 is 0 Å². The second kappa shape index (κ2) is 6.37. The smallest absolute Gasteiger partial charge is 0.135 e. The lowest BCUT2D eigenvalue weighted by Gasteiger charge is -2.21. The standard InChI is InChI=1S/C18H19N3O2S/c19-17-16(15(22)10-21(17)9-13-7-4-8-23-13)18-20-14(11-24-18)12-5-2-1-3-6-12/h1-3,5-6,11,13,19,22H,4,7-10H2. The third-order valence-corrected chi connectivity index (χ3v) is 5.28. The molecular formula is C18H19N3O2S. The van der Waals surface area contributed by atoms with Gasteiger partial charge in [-0.25, -0.2) is 4.98 Å². The highest BCUT2D eigenvalue weighted by atomic mass is 32.1. The monoisotopic (exact) mass is 341 g/mol. The largest absolute Gasteiger partial charge is 0.510 e. The Morgan fingerprint density at radius 1 is 1.33 bits per heavy atom. The molecule has 0 amide bonds. The average molecular weight is 341 g/mol. The maximum absolute atomic E-state index is 10.4. The quantitative estimate of drug-likeness (QED) is 0.892. The number of aliphatic hydroxyl groups is 1. The van der Waals surface area contributed by atoms with Crippen molar-refractivity contribution in [1.29, 1.82) is 5.41 Å². The molecule has 1 aromatic carbocycles. The fourth-order valence-corrected chi connectivity index (χ4v) is 4.07. The molecule has 24 heavy (non-hydrogen) atoms. The number of aliphatic hydroxyl groups excluding tert-OH is 1. The number of ether oxygens (including phenoxy) is 1. The highest BCUT2D eigenvalue weighted by molar-refractivity contribution is 7.11. The Morgan fingerprint density at radius 2 is 2.17 bits per heavy atom. The van der Waals surface area contributed by atoms with Crippen molar-refractivity contribution >= 4 is 22.7 Å². The molecule has 6 heteroatoms. The SMILES string of the molecule is N=C1C(c2nc(-c3ccccc3)cs2)=C(O)CN1CC1CCCO1. The van der Waals surface area contributed by atoms with Gasteiger partial charge >= 0.3 is 0 Å². The summed E-state index contributed by atoms with van der Waals surface area (Å²) in [7, 11) is 0. The van der Waals surface area contributed by atoms with Gasteiger partial charge < -0.3 is 14.7 Å². The van der Waals surface area contributed by atoms with Gasteiger partial charge in [0.15, 0.2) is 0 Å². The Balaban J connectivity index is 1.54. The third-order valence-electron chi connectivity index (χ3n) is 4.42. The zero-order valence-electron chi connectivity index (χ0n) is 13.2. The van der Waals surface area contributed by atoms with Gasteiger partial charge in [-0.2, -0.15) is 0 Å². The van der Waals surface area contributed by atoms with Crippen molar-refractivity contribution in [1.82, 2.24) is 9.88 Å². The van der Waals surface area contributed by atoms with Crippen LogP contribution in [-0.4, -0.2) is 46.6 Å². The normalized spacial score (nSPS) is 21.1. The molecule has 2 aliphatic rings. The minimum atomic E-state index is 0.161. The number of hydrogen-bond donors (Lipinski definition) is 2. The number of rotatable bonds is 4. The van der Waals surface area contributed by atoms with E-state index in [2.05, 4.69) is 4.98 Å². The van der Waals surface area contributed by atoms with Crippen molar-refractivity contribution in [3.8, 4) is 11.3 Å². The van der Waals surface area contributed by atoms with Crippen LogP contribution in [0.1, 0.15) is 17.8 Å². The number of hydrogen-bond acceptors (Lipinski definition) is 5. The number of thiazole rings is 1. The second-order valence-electron chi connectivity index (χ2n) is 6.09. The first-order valence-electron chi connectivity index (χ1n) is 8.11. The molecule has 1 atom stereocenters. The van der Waals surface area contributed by atoms with Gasteiger partial charge in [0.25, 0.3) is 0 Å². The van der Waals surface area contributed by atoms with Crippen LogP contribution in [0.3, 0.4) is 0 Å². The van der Waals surface area contributed by atoms with Crippen molar-refractivity contribution in [3.63, 3.8) is 0 Å². The summed E-state index contributed by atoms with van der Waals surface area (Å²) in [4.78, 5) is 6.51. The predicted molar refractivity (Wildman–Crippen MR) is 95.4 cm³/mol. The number of amidine groups is 1. The Morgan fingerprint density at radius 3 is 2.92 bits per heavy atom. The van der Waals surface area contributed by atoms with E-state index in [0.29, 0.717) is 29.5 Å². The van der Waals surface area contributed by atoms with Crippen molar-refractivity contribution in [2.75, 3.05) is 19.7 Å². The molecule has 0 aliphatic carbocycles. The maximum atomic E-state index is 10.4. The van der Waals surface area contributed by atoms with Gasteiger partial charge in [0.1, 0.15) is 16.6 Å². The number of benzene rings is 1. The van der Waals surface area contributed by atoms with Crippen molar-refractivity contribution in [3.05, 3.63) is 46.5 Å². The summed E-state index contributed by atoms with van der Waals surface area (Å²) in [6, 6.07) is 9.95. The van der Waals surface area contributed by atoms with Crippen LogP contribution in [0.25, 0.3) is 16.8 Å². The number of aromatic nitrogens is 1. The van der Waals surface area contributed by atoms with Crippen LogP contribution in [0.4, 0.5) is 0 Å². The summed E-state index contributed by atoms with van der Waals surface area (Å²) in [6.07, 6.45) is 2.26. The topological polar surface area (TPSA) is 69.4 Å². The van der Waals surface area contributed by atoms with Crippen LogP contribution in [0.2, 0.25) is 0 Å².